The van der Waals surface area contributed by atoms with Crippen molar-refractivity contribution in [3.8, 4) is 0 Å². The summed E-state index contributed by atoms with van der Waals surface area (Å²) in [7, 11) is 0. The number of benzene rings is 1. The number of carbonyl (C=O) groups is 2. The minimum Gasteiger partial charge on any atom is -0.480 e. The molecule has 21 heavy (non-hydrogen) atoms. The standard InChI is InChI=1S/C13H15F3N2O3/c1-2-10(11(19)20)18-12(21)17-7-8-4-3-5-9(6-8)13(14,15)16/h3-6,10H,2,7H2,1H3,(H,19,20)(H2,17,18,21). The Bertz CT molecular complexity index is 518. The monoisotopic (exact) mass is 304 g/mol. The number of urea groups is 1. The molecular weight excluding hydrogens is 289 g/mol. The minimum atomic E-state index is -4.45. The Kier molecular flexibility index (Phi) is 5.57. The van der Waals surface area contributed by atoms with E-state index in [1.54, 1.807) is 6.92 Å². The number of amides is 2. The predicted molar refractivity (Wildman–Crippen MR) is 68.5 cm³/mol. The van der Waals surface area contributed by atoms with Gasteiger partial charge >= 0.3 is 18.2 Å². The van der Waals surface area contributed by atoms with Crippen LogP contribution in [-0.2, 0) is 17.5 Å². The predicted octanol–water partition coefficient (Wildman–Crippen LogP) is 2.37. The van der Waals surface area contributed by atoms with E-state index >= 15 is 0 Å². The summed E-state index contributed by atoms with van der Waals surface area (Å²) in [6.07, 6.45) is -4.25. The molecule has 0 spiro atoms. The highest BCUT2D eigenvalue weighted by atomic mass is 19.4. The van der Waals surface area contributed by atoms with Crippen LogP contribution in [0.25, 0.3) is 0 Å². The third-order valence-corrected chi connectivity index (χ3v) is 2.72. The van der Waals surface area contributed by atoms with Crippen LogP contribution >= 0.6 is 0 Å². The Morgan fingerprint density at radius 1 is 1.33 bits per heavy atom. The van der Waals surface area contributed by atoms with Crippen molar-refractivity contribution in [2.75, 3.05) is 0 Å². The second-order valence-corrected chi connectivity index (χ2v) is 4.32. The summed E-state index contributed by atoms with van der Waals surface area (Å²) in [6, 6.07) is 2.75. The zero-order chi connectivity index (χ0) is 16.0. The molecule has 0 heterocycles. The zero-order valence-electron chi connectivity index (χ0n) is 11.2. The molecule has 1 atom stereocenters. The van der Waals surface area contributed by atoms with Gasteiger partial charge in [-0.25, -0.2) is 9.59 Å². The molecule has 1 aromatic rings. The lowest BCUT2D eigenvalue weighted by molar-refractivity contribution is -0.139. The van der Waals surface area contributed by atoms with Crippen LogP contribution < -0.4 is 10.6 Å². The summed E-state index contributed by atoms with van der Waals surface area (Å²) in [5, 5.41) is 13.3. The number of aliphatic carboxylic acids is 1. The Morgan fingerprint density at radius 2 is 2.00 bits per heavy atom. The molecule has 0 radical (unpaired) electrons. The molecule has 0 aliphatic rings. The summed E-state index contributed by atoms with van der Waals surface area (Å²) in [5.74, 6) is -1.17. The smallest absolute Gasteiger partial charge is 0.416 e. The molecule has 1 rings (SSSR count). The first-order chi connectivity index (χ1) is 9.74. The topological polar surface area (TPSA) is 78.4 Å². The molecule has 3 N–H and O–H groups in total. The van der Waals surface area contributed by atoms with Crippen molar-refractivity contribution >= 4 is 12.0 Å². The highest BCUT2D eigenvalue weighted by Gasteiger charge is 2.30. The molecule has 2 amide bonds. The molecule has 0 saturated carbocycles. The first kappa shape index (κ1) is 16.8. The Balaban J connectivity index is 2.59. The van der Waals surface area contributed by atoms with E-state index in [0.717, 1.165) is 12.1 Å². The maximum absolute atomic E-state index is 12.5. The van der Waals surface area contributed by atoms with Crippen molar-refractivity contribution in [2.45, 2.75) is 32.1 Å². The molecule has 0 aromatic heterocycles. The minimum absolute atomic E-state index is 0.133. The van der Waals surface area contributed by atoms with Crippen molar-refractivity contribution in [1.29, 1.82) is 0 Å². The van der Waals surface area contributed by atoms with Gasteiger partial charge < -0.3 is 15.7 Å². The van der Waals surface area contributed by atoms with Gasteiger partial charge in [-0.2, -0.15) is 13.2 Å². The van der Waals surface area contributed by atoms with E-state index in [4.69, 9.17) is 5.11 Å². The third kappa shape index (κ3) is 5.33. The SMILES string of the molecule is CCC(NC(=O)NCc1cccc(C(F)(F)F)c1)C(=O)O. The Labute approximate surface area is 119 Å². The highest BCUT2D eigenvalue weighted by Crippen LogP contribution is 2.29. The van der Waals surface area contributed by atoms with Crippen LogP contribution in [0.2, 0.25) is 0 Å². The quantitative estimate of drug-likeness (QED) is 0.781. The number of alkyl halides is 3. The van der Waals surface area contributed by atoms with Crippen LogP contribution in [0.1, 0.15) is 24.5 Å². The van der Waals surface area contributed by atoms with E-state index in [9.17, 15) is 22.8 Å². The van der Waals surface area contributed by atoms with Crippen LogP contribution in [0.15, 0.2) is 24.3 Å². The van der Waals surface area contributed by atoms with Crippen LogP contribution in [0, 0.1) is 0 Å². The number of carbonyl (C=O) groups excluding carboxylic acids is 1. The fraction of sp³-hybridized carbons (Fsp3) is 0.385. The normalized spacial score (nSPS) is 12.6. The van der Waals surface area contributed by atoms with Crippen LogP contribution in [0.3, 0.4) is 0 Å². The number of carboxylic acids is 1. The third-order valence-electron chi connectivity index (χ3n) is 2.72. The van der Waals surface area contributed by atoms with Crippen molar-refractivity contribution in [3.05, 3.63) is 35.4 Å². The van der Waals surface area contributed by atoms with Gasteiger partial charge in [-0.1, -0.05) is 19.1 Å². The second kappa shape index (κ2) is 6.96. The van der Waals surface area contributed by atoms with Gasteiger partial charge in [0.1, 0.15) is 6.04 Å². The van der Waals surface area contributed by atoms with Crippen LogP contribution in [0.4, 0.5) is 18.0 Å². The van der Waals surface area contributed by atoms with E-state index in [-0.39, 0.29) is 18.5 Å². The van der Waals surface area contributed by atoms with Crippen LogP contribution in [0.5, 0.6) is 0 Å². The van der Waals surface area contributed by atoms with Gasteiger partial charge in [-0.05, 0) is 24.1 Å². The fourth-order valence-electron chi connectivity index (χ4n) is 1.59. The molecule has 0 fully saturated rings. The molecule has 116 valence electrons. The van der Waals surface area contributed by atoms with Gasteiger partial charge in [0.15, 0.2) is 0 Å². The van der Waals surface area contributed by atoms with Gasteiger partial charge in [-0.3, -0.25) is 0 Å². The van der Waals surface area contributed by atoms with Gasteiger partial charge in [0.2, 0.25) is 0 Å². The molecule has 1 aromatic carbocycles. The summed E-state index contributed by atoms with van der Waals surface area (Å²) in [6.45, 7) is 1.46. The van der Waals surface area contributed by atoms with Crippen LogP contribution in [-0.4, -0.2) is 23.1 Å². The first-order valence-corrected chi connectivity index (χ1v) is 6.17. The summed E-state index contributed by atoms with van der Waals surface area (Å²) in [5.41, 5.74) is -0.539. The number of rotatable bonds is 5. The summed E-state index contributed by atoms with van der Waals surface area (Å²) < 4.78 is 37.5. The molecule has 0 saturated heterocycles. The number of carboxylic acid groups (broad SMARTS) is 1. The maximum atomic E-state index is 12.5. The fourth-order valence-corrected chi connectivity index (χ4v) is 1.59. The highest BCUT2D eigenvalue weighted by molar-refractivity contribution is 5.82. The Morgan fingerprint density at radius 3 is 2.52 bits per heavy atom. The lowest BCUT2D eigenvalue weighted by atomic mass is 10.1. The first-order valence-electron chi connectivity index (χ1n) is 6.17. The van der Waals surface area contributed by atoms with Gasteiger partial charge in [0.25, 0.3) is 0 Å². The largest absolute Gasteiger partial charge is 0.480 e. The van der Waals surface area contributed by atoms with E-state index < -0.39 is 29.8 Å². The number of nitrogens with one attached hydrogen (secondary N) is 2. The number of halogens is 3. The average molecular weight is 304 g/mol. The van der Waals surface area contributed by atoms with Crippen molar-refractivity contribution in [2.24, 2.45) is 0 Å². The van der Waals surface area contributed by atoms with E-state index in [1.165, 1.54) is 12.1 Å². The molecule has 8 heteroatoms. The zero-order valence-corrected chi connectivity index (χ0v) is 11.2. The Hall–Kier alpha value is -2.25. The summed E-state index contributed by atoms with van der Waals surface area (Å²) >= 11 is 0. The molecular formula is C13H15F3N2O3. The summed E-state index contributed by atoms with van der Waals surface area (Å²) in [4.78, 5) is 22.2. The van der Waals surface area contributed by atoms with Gasteiger partial charge in [0.05, 0.1) is 5.56 Å². The van der Waals surface area contributed by atoms with Crippen molar-refractivity contribution < 1.29 is 27.9 Å². The molecule has 0 aliphatic carbocycles. The lowest BCUT2D eigenvalue weighted by Crippen LogP contribution is -2.45. The van der Waals surface area contributed by atoms with Crippen molar-refractivity contribution in [3.63, 3.8) is 0 Å². The second-order valence-electron chi connectivity index (χ2n) is 4.32. The molecule has 5 nitrogen and oxygen atoms in total. The van der Waals surface area contributed by atoms with E-state index in [1.807, 2.05) is 0 Å². The van der Waals surface area contributed by atoms with Gasteiger partial charge in [0, 0.05) is 6.54 Å². The van der Waals surface area contributed by atoms with E-state index in [2.05, 4.69) is 10.6 Å². The number of hydrogen-bond acceptors (Lipinski definition) is 2. The number of hydrogen-bond donors (Lipinski definition) is 3. The maximum Gasteiger partial charge on any atom is 0.416 e. The average Bonchev–Trinajstić information content (AvgIpc) is 2.41. The van der Waals surface area contributed by atoms with Gasteiger partial charge in [-0.15, -0.1) is 0 Å². The lowest BCUT2D eigenvalue weighted by Gasteiger charge is -2.13. The van der Waals surface area contributed by atoms with Crippen molar-refractivity contribution in [1.82, 2.24) is 10.6 Å². The molecule has 0 bridgehead atoms. The molecule has 1 unspecified atom stereocenters. The van der Waals surface area contributed by atoms with E-state index in [0.29, 0.717) is 0 Å². The molecule has 0 aliphatic heterocycles.